The van der Waals surface area contributed by atoms with E-state index < -0.39 is 0 Å². The number of nitrogens with one attached hydrogen (secondary N) is 2. The van der Waals surface area contributed by atoms with Gasteiger partial charge in [-0.3, -0.25) is 14.4 Å². The van der Waals surface area contributed by atoms with Crippen molar-refractivity contribution < 1.29 is 19.2 Å². The van der Waals surface area contributed by atoms with Gasteiger partial charge < -0.3 is 20.3 Å². The molecule has 0 aliphatic carbocycles. The van der Waals surface area contributed by atoms with Crippen LogP contribution in [-0.2, 0) is 9.59 Å². The van der Waals surface area contributed by atoms with Crippen molar-refractivity contribution in [2.75, 3.05) is 38.1 Å². The molecule has 0 saturated carbocycles. The van der Waals surface area contributed by atoms with Gasteiger partial charge in [-0.2, -0.15) is 0 Å². The van der Waals surface area contributed by atoms with E-state index >= 15 is 0 Å². The van der Waals surface area contributed by atoms with Crippen LogP contribution in [0.4, 0.5) is 5.69 Å². The first-order chi connectivity index (χ1) is 14.8. The van der Waals surface area contributed by atoms with E-state index in [1.165, 1.54) is 6.92 Å². The second-order valence-corrected chi connectivity index (χ2v) is 7.96. The first-order valence-electron chi connectivity index (χ1n) is 11.1. The van der Waals surface area contributed by atoms with E-state index in [2.05, 4.69) is 15.5 Å². The quantitative estimate of drug-likeness (QED) is 0.461. The number of carbonyl (C=O) groups is 4. The zero-order valence-corrected chi connectivity index (χ0v) is 19.5. The Morgan fingerprint density at radius 2 is 1.77 bits per heavy atom. The number of ketones is 2. The fourth-order valence-corrected chi connectivity index (χ4v) is 3.31. The molecule has 31 heavy (non-hydrogen) atoms. The van der Waals surface area contributed by atoms with Gasteiger partial charge >= 0.3 is 0 Å². The molecule has 2 N–H and O–H groups in total. The predicted molar refractivity (Wildman–Crippen MR) is 124 cm³/mol. The first-order valence-corrected chi connectivity index (χ1v) is 11.1. The highest BCUT2D eigenvalue weighted by atomic mass is 16.2. The minimum Gasteiger partial charge on any atom is -0.369 e. The molecule has 172 valence electrons. The highest BCUT2D eigenvalue weighted by Gasteiger charge is 2.21. The zero-order valence-electron chi connectivity index (χ0n) is 19.5. The van der Waals surface area contributed by atoms with E-state index in [1.54, 1.807) is 13.1 Å². The molecule has 1 amide bonds. The lowest BCUT2D eigenvalue weighted by Crippen LogP contribution is -2.43. The number of amides is 1. The summed E-state index contributed by atoms with van der Waals surface area (Å²) in [4.78, 5) is 47.3. The Labute approximate surface area is 186 Å². The highest BCUT2D eigenvalue weighted by molar-refractivity contribution is 6.09. The van der Waals surface area contributed by atoms with Crippen LogP contribution in [0.25, 0.3) is 0 Å². The second kappa shape index (κ2) is 13.7. The number of hydrogen-bond acceptors (Lipinski definition) is 6. The predicted octanol–water partition coefficient (Wildman–Crippen LogP) is 2.88. The van der Waals surface area contributed by atoms with Crippen molar-refractivity contribution in [2.24, 2.45) is 11.8 Å². The maximum atomic E-state index is 12.6. The van der Waals surface area contributed by atoms with Crippen LogP contribution < -0.4 is 15.5 Å². The topological polar surface area (TPSA) is 95.6 Å². The van der Waals surface area contributed by atoms with Gasteiger partial charge in [0.25, 0.3) is 0 Å². The maximum absolute atomic E-state index is 12.6. The Balaban J connectivity index is 0.000000407. The Morgan fingerprint density at radius 1 is 1.13 bits per heavy atom. The molecule has 1 heterocycles. The molecule has 7 nitrogen and oxygen atoms in total. The molecule has 2 unspecified atom stereocenters. The van der Waals surface area contributed by atoms with Gasteiger partial charge in [0, 0.05) is 68.3 Å². The third-order valence-corrected chi connectivity index (χ3v) is 5.60. The number of nitrogens with zero attached hydrogens (tertiary/aromatic N) is 1. The van der Waals surface area contributed by atoms with Crippen LogP contribution in [0.5, 0.6) is 0 Å². The van der Waals surface area contributed by atoms with Gasteiger partial charge in [-0.1, -0.05) is 20.8 Å². The van der Waals surface area contributed by atoms with Crippen LogP contribution in [0, 0.1) is 11.8 Å². The van der Waals surface area contributed by atoms with Crippen molar-refractivity contribution in [1.29, 1.82) is 0 Å². The van der Waals surface area contributed by atoms with E-state index in [0.29, 0.717) is 24.0 Å². The van der Waals surface area contributed by atoms with Crippen LogP contribution in [0.15, 0.2) is 18.2 Å². The minimum atomic E-state index is -0.0543. The van der Waals surface area contributed by atoms with Gasteiger partial charge in [-0.15, -0.1) is 0 Å². The molecule has 2 rings (SSSR count). The van der Waals surface area contributed by atoms with Crippen molar-refractivity contribution >= 4 is 29.4 Å². The normalized spacial score (nSPS) is 15.2. The van der Waals surface area contributed by atoms with Crippen LogP contribution in [0.3, 0.4) is 0 Å². The van der Waals surface area contributed by atoms with Crippen molar-refractivity contribution in [3.05, 3.63) is 29.3 Å². The molecule has 0 bridgehead atoms. The number of hydrogen-bond donors (Lipinski definition) is 2. The zero-order chi connectivity index (χ0) is 23.4. The monoisotopic (exact) mass is 431 g/mol. The molecular weight excluding hydrogens is 394 g/mol. The number of Topliss-reactive ketones (excluding diaryl/α,β-unsaturated/α-hetero) is 2. The molecule has 1 aromatic rings. The summed E-state index contributed by atoms with van der Waals surface area (Å²) >= 11 is 0. The summed E-state index contributed by atoms with van der Waals surface area (Å²) in [6, 6.07) is 5.65. The second-order valence-electron chi connectivity index (χ2n) is 7.96. The van der Waals surface area contributed by atoms with Crippen molar-refractivity contribution in [3.8, 4) is 0 Å². The number of rotatable bonds is 9. The smallest absolute Gasteiger partial charge is 0.222 e. The van der Waals surface area contributed by atoms with E-state index in [1.807, 2.05) is 32.9 Å². The molecule has 7 heteroatoms. The van der Waals surface area contributed by atoms with Crippen LogP contribution in [0.1, 0.15) is 67.7 Å². The number of carbonyl (C=O) groups excluding carboxylic acids is 4. The van der Waals surface area contributed by atoms with Gasteiger partial charge in [-0.05, 0) is 38.0 Å². The molecule has 1 aliphatic rings. The molecule has 1 saturated heterocycles. The van der Waals surface area contributed by atoms with Gasteiger partial charge in [-0.25, -0.2) is 0 Å². The third-order valence-electron chi connectivity index (χ3n) is 5.60. The van der Waals surface area contributed by atoms with E-state index in [4.69, 9.17) is 0 Å². The lowest BCUT2D eigenvalue weighted by atomic mass is 9.91. The average Bonchev–Trinajstić information content (AvgIpc) is 2.81. The highest BCUT2D eigenvalue weighted by Crippen LogP contribution is 2.24. The Morgan fingerprint density at radius 3 is 2.29 bits per heavy atom. The van der Waals surface area contributed by atoms with E-state index in [9.17, 15) is 19.2 Å². The summed E-state index contributed by atoms with van der Waals surface area (Å²) in [6.45, 7) is 11.0. The third kappa shape index (κ3) is 8.25. The lowest BCUT2D eigenvalue weighted by molar-refractivity contribution is -0.124. The molecule has 2 atom stereocenters. The van der Waals surface area contributed by atoms with Crippen molar-refractivity contribution in [1.82, 2.24) is 10.6 Å². The molecule has 0 radical (unpaired) electrons. The molecule has 0 aromatic heterocycles. The van der Waals surface area contributed by atoms with Crippen LogP contribution in [-0.4, -0.2) is 57.0 Å². The van der Waals surface area contributed by atoms with Gasteiger partial charge in [0.1, 0.15) is 6.29 Å². The van der Waals surface area contributed by atoms with Crippen molar-refractivity contribution in [2.45, 2.75) is 47.0 Å². The van der Waals surface area contributed by atoms with Crippen LogP contribution in [0.2, 0.25) is 0 Å². The largest absolute Gasteiger partial charge is 0.369 e. The molecular formula is C24H37N3O4. The Bertz CT molecular complexity index is 757. The Hall–Kier alpha value is -2.54. The summed E-state index contributed by atoms with van der Waals surface area (Å²) in [5, 5.41) is 5.83. The van der Waals surface area contributed by atoms with Crippen molar-refractivity contribution in [3.63, 3.8) is 0 Å². The summed E-state index contributed by atoms with van der Waals surface area (Å²) in [6.07, 6.45) is 2.73. The molecule has 1 fully saturated rings. The molecule has 0 spiro atoms. The van der Waals surface area contributed by atoms with Crippen LogP contribution >= 0.6 is 0 Å². The number of benzene rings is 1. The summed E-state index contributed by atoms with van der Waals surface area (Å²) in [7, 11) is 1.60. The molecule has 1 aliphatic heterocycles. The summed E-state index contributed by atoms with van der Waals surface area (Å²) in [5.74, 6) is -0.0772. The first kappa shape index (κ1) is 26.5. The van der Waals surface area contributed by atoms with E-state index in [0.717, 1.165) is 44.6 Å². The molecule has 1 aromatic carbocycles. The summed E-state index contributed by atoms with van der Waals surface area (Å²) < 4.78 is 0. The minimum absolute atomic E-state index is 0.00171. The van der Waals surface area contributed by atoms with Gasteiger partial charge in [0.15, 0.2) is 11.6 Å². The SMILES string of the molecule is CCC(C)C(=O)c1cc(N2CCNCC2)ccc1C(C)=O.CNC(=O)C(C)CCC=O. The lowest BCUT2D eigenvalue weighted by Gasteiger charge is -2.30. The standard InChI is InChI=1S/C17H24N2O2.C7H13NO2/c1-4-12(2)17(21)16-11-14(5-6-15(16)13(3)20)19-9-7-18-8-10-19;1-6(4-3-5-9)7(10)8-2/h5-6,11-12,18H,4,7-10H2,1-3H3;5-6H,3-4H2,1-2H3,(H,8,10). The van der Waals surface area contributed by atoms with Gasteiger partial charge in [0.05, 0.1) is 0 Å². The Kier molecular flexibility index (Phi) is 11.7. The number of anilines is 1. The fraction of sp³-hybridized carbons (Fsp3) is 0.583. The number of piperazine rings is 1. The maximum Gasteiger partial charge on any atom is 0.222 e. The average molecular weight is 432 g/mol. The number of aldehydes is 1. The summed E-state index contributed by atoms with van der Waals surface area (Å²) in [5.41, 5.74) is 2.15. The van der Waals surface area contributed by atoms with E-state index in [-0.39, 0.29) is 29.3 Å². The van der Waals surface area contributed by atoms with Gasteiger partial charge in [0.2, 0.25) is 5.91 Å². The fourth-order valence-electron chi connectivity index (χ4n) is 3.31.